The minimum atomic E-state index is -0.249. The molecule has 2 amide bonds. The number of ether oxygens (including phenoxy) is 1. The van der Waals surface area contributed by atoms with Gasteiger partial charge in [0.25, 0.3) is 5.91 Å². The zero-order chi connectivity index (χ0) is 13.8. The molecule has 0 spiro atoms. The van der Waals surface area contributed by atoms with Gasteiger partial charge in [-0.25, -0.2) is 4.98 Å². The summed E-state index contributed by atoms with van der Waals surface area (Å²) in [4.78, 5) is 29.4. The summed E-state index contributed by atoms with van der Waals surface area (Å²) in [5.74, 6) is -0.541. The Morgan fingerprint density at radius 1 is 1.58 bits per heavy atom. The van der Waals surface area contributed by atoms with E-state index >= 15 is 0 Å². The number of aromatic nitrogens is 1. The minimum Gasteiger partial charge on any atom is -0.451 e. The zero-order valence-corrected chi connectivity index (χ0v) is 11.0. The van der Waals surface area contributed by atoms with Crippen molar-refractivity contribution in [2.45, 2.75) is 0 Å². The van der Waals surface area contributed by atoms with Crippen LogP contribution in [-0.4, -0.2) is 55.6 Å². The van der Waals surface area contributed by atoms with E-state index in [4.69, 9.17) is 9.15 Å². The SMILES string of the molecule is CNC(=O)[C@@H]1CN(C(=O)c2cocn2)C[C@H]1COC. The number of carbonyl (C=O) groups is 2. The second kappa shape index (κ2) is 5.83. The standard InChI is InChI=1S/C12H17N3O4/c1-13-11(16)9-4-15(3-8(9)5-18-2)12(17)10-6-19-7-14-10/h6-9H,3-5H2,1-2H3,(H,13,16)/t8-,9+/m0/s1. The lowest BCUT2D eigenvalue weighted by Gasteiger charge is -2.14. The van der Waals surface area contributed by atoms with Gasteiger partial charge in [0.05, 0.1) is 12.5 Å². The van der Waals surface area contributed by atoms with E-state index in [1.807, 2.05) is 0 Å². The molecule has 104 valence electrons. The molecular formula is C12H17N3O4. The molecule has 7 heteroatoms. The van der Waals surface area contributed by atoms with Crippen molar-refractivity contribution in [1.82, 2.24) is 15.2 Å². The van der Waals surface area contributed by atoms with Gasteiger partial charge in [-0.3, -0.25) is 9.59 Å². The first-order valence-electron chi connectivity index (χ1n) is 6.05. The minimum absolute atomic E-state index is 0.000742. The molecule has 0 saturated carbocycles. The molecule has 1 N–H and O–H groups in total. The highest BCUT2D eigenvalue weighted by molar-refractivity contribution is 5.93. The summed E-state index contributed by atoms with van der Waals surface area (Å²) < 4.78 is 9.92. The van der Waals surface area contributed by atoms with Gasteiger partial charge in [-0.05, 0) is 0 Å². The lowest BCUT2D eigenvalue weighted by molar-refractivity contribution is -0.125. The van der Waals surface area contributed by atoms with Crippen molar-refractivity contribution in [2.24, 2.45) is 11.8 Å². The van der Waals surface area contributed by atoms with E-state index in [9.17, 15) is 9.59 Å². The van der Waals surface area contributed by atoms with Gasteiger partial charge in [0.15, 0.2) is 12.1 Å². The Hall–Kier alpha value is -1.89. The summed E-state index contributed by atoms with van der Waals surface area (Å²) in [7, 11) is 3.18. The van der Waals surface area contributed by atoms with E-state index < -0.39 is 0 Å². The van der Waals surface area contributed by atoms with Crippen LogP contribution in [0.3, 0.4) is 0 Å². The number of nitrogens with zero attached hydrogens (tertiary/aromatic N) is 2. The average Bonchev–Trinajstić information content (AvgIpc) is 3.07. The van der Waals surface area contributed by atoms with E-state index in [0.717, 1.165) is 0 Å². The largest absolute Gasteiger partial charge is 0.451 e. The molecule has 19 heavy (non-hydrogen) atoms. The molecule has 2 rings (SSSR count). The number of nitrogens with one attached hydrogen (secondary N) is 1. The molecule has 1 aliphatic heterocycles. The summed E-state index contributed by atoms with van der Waals surface area (Å²) in [6, 6.07) is 0. The Morgan fingerprint density at radius 2 is 2.37 bits per heavy atom. The van der Waals surface area contributed by atoms with Crippen molar-refractivity contribution in [3.63, 3.8) is 0 Å². The van der Waals surface area contributed by atoms with Crippen LogP contribution in [0.2, 0.25) is 0 Å². The number of hydrogen-bond acceptors (Lipinski definition) is 5. The van der Waals surface area contributed by atoms with Gasteiger partial charge in [0.1, 0.15) is 6.26 Å². The zero-order valence-electron chi connectivity index (χ0n) is 11.0. The summed E-state index contributed by atoms with van der Waals surface area (Å²) in [6.07, 6.45) is 2.52. The molecule has 2 heterocycles. The van der Waals surface area contributed by atoms with Gasteiger partial charge in [-0.15, -0.1) is 0 Å². The topological polar surface area (TPSA) is 84.7 Å². The maximum atomic E-state index is 12.1. The number of oxazole rings is 1. The van der Waals surface area contributed by atoms with Gasteiger partial charge in [0, 0.05) is 33.2 Å². The van der Waals surface area contributed by atoms with Gasteiger partial charge < -0.3 is 19.4 Å². The number of amides is 2. The molecule has 0 radical (unpaired) electrons. The van der Waals surface area contributed by atoms with E-state index in [2.05, 4.69) is 10.3 Å². The summed E-state index contributed by atoms with van der Waals surface area (Å²) in [5, 5.41) is 2.62. The van der Waals surface area contributed by atoms with Crippen molar-refractivity contribution in [1.29, 1.82) is 0 Å². The maximum Gasteiger partial charge on any atom is 0.275 e. The fourth-order valence-electron chi connectivity index (χ4n) is 2.38. The molecule has 1 aliphatic rings. The van der Waals surface area contributed by atoms with Crippen molar-refractivity contribution >= 4 is 11.8 Å². The quantitative estimate of drug-likeness (QED) is 0.813. The average molecular weight is 267 g/mol. The molecule has 1 saturated heterocycles. The maximum absolute atomic E-state index is 12.1. The number of likely N-dealkylation sites (tertiary alicyclic amines) is 1. The van der Waals surface area contributed by atoms with Gasteiger partial charge in [0.2, 0.25) is 5.91 Å². The van der Waals surface area contributed by atoms with Crippen molar-refractivity contribution in [2.75, 3.05) is 33.9 Å². The van der Waals surface area contributed by atoms with Gasteiger partial charge in [-0.1, -0.05) is 0 Å². The molecule has 1 aromatic heterocycles. The summed E-state index contributed by atoms with van der Waals surface area (Å²) in [6.45, 7) is 1.30. The number of carbonyl (C=O) groups excluding carboxylic acids is 2. The van der Waals surface area contributed by atoms with E-state index in [1.165, 1.54) is 12.7 Å². The highest BCUT2D eigenvalue weighted by atomic mass is 16.5. The third kappa shape index (κ3) is 2.76. The van der Waals surface area contributed by atoms with Gasteiger partial charge in [-0.2, -0.15) is 0 Å². The molecule has 1 fully saturated rings. The predicted molar refractivity (Wildman–Crippen MR) is 65.3 cm³/mol. The Balaban J connectivity index is 2.09. The lowest BCUT2D eigenvalue weighted by atomic mass is 9.96. The van der Waals surface area contributed by atoms with Crippen LogP contribution in [0, 0.1) is 11.8 Å². The number of methoxy groups -OCH3 is 1. The van der Waals surface area contributed by atoms with Crippen LogP contribution in [-0.2, 0) is 9.53 Å². The Labute approximate surface area is 110 Å². The highest BCUT2D eigenvalue weighted by Crippen LogP contribution is 2.25. The van der Waals surface area contributed by atoms with Crippen LogP contribution in [0.5, 0.6) is 0 Å². The van der Waals surface area contributed by atoms with Crippen LogP contribution >= 0.6 is 0 Å². The lowest BCUT2D eigenvalue weighted by Crippen LogP contribution is -2.34. The van der Waals surface area contributed by atoms with Crippen LogP contribution in [0.25, 0.3) is 0 Å². The van der Waals surface area contributed by atoms with E-state index in [0.29, 0.717) is 19.7 Å². The summed E-state index contributed by atoms with van der Waals surface area (Å²) in [5.41, 5.74) is 0.258. The smallest absolute Gasteiger partial charge is 0.275 e. The molecule has 0 aliphatic carbocycles. The van der Waals surface area contributed by atoms with Crippen molar-refractivity contribution in [3.05, 3.63) is 18.4 Å². The van der Waals surface area contributed by atoms with E-state index in [1.54, 1.807) is 19.1 Å². The first-order chi connectivity index (χ1) is 9.17. The molecule has 0 unspecified atom stereocenters. The van der Waals surface area contributed by atoms with Crippen LogP contribution in [0.4, 0.5) is 0 Å². The molecule has 0 bridgehead atoms. The second-order valence-corrected chi connectivity index (χ2v) is 4.52. The fourth-order valence-corrected chi connectivity index (χ4v) is 2.38. The number of hydrogen-bond donors (Lipinski definition) is 1. The van der Waals surface area contributed by atoms with Crippen LogP contribution in [0.15, 0.2) is 17.1 Å². The Kier molecular flexibility index (Phi) is 4.16. The first kappa shape index (κ1) is 13.5. The third-order valence-corrected chi connectivity index (χ3v) is 3.34. The predicted octanol–water partition coefficient (Wildman–Crippen LogP) is -0.245. The fraction of sp³-hybridized carbons (Fsp3) is 0.583. The Bertz CT molecular complexity index is 446. The molecule has 0 aromatic carbocycles. The summed E-state index contributed by atoms with van der Waals surface area (Å²) >= 11 is 0. The Morgan fingerprint density at radius 3 is 2.95 bits per heavy atom. The molecular weight excluding hydrogens is 250 g/mol. The number of rotatable bonds is 4. The van der Waals surface area contributed by atoms with Crippen LogP contribution < -0.4 is 5.32 Å². The van der Waals surface area contributed by atoms with Crippen molar-refractivity contribution < 1.29 is 18.7 Å². The monoisotopic (exact) mass is 267 g/mol. The van der Waals surface area contributed by atoms with Crippen LogP contribution in [0.1, 0.15) is 10.5 Å². The van der Waals surface area contributed by atoms with Crippen molar-refractivity contribution in [3.8, 4) is 0 Å². The molecule has 7 nitrogen and oxygen atoms in total. The second-order valence-electron chi connectivity index (χ2n) is 4.52. The highest BCUT2D eigenvalue weighted by Gasteiger charge is 2.39. The van der Waals surface area contributed by atoms with E-state index in [-0.39, 0.29) is 29.3 Å². The third-order valence-electron chi connectivity index (χ3n) is 3.34. The van der Waals surface area contributed by atoms with Gasteiger partial charge >= 0.3 is 0 Å². The first-order valence-corrected chi connectivity index (χ1v) is 6.05. The molecule has 1 aromatic rings. The molecule has 2 atom stereocenters. The normalized spacial score (nSPS) is 22.5.